The molecule has 0 fully saturated rings. The van der Waals surface area contributed by atoms with Gasteiger partial charge >= 0.3 is 0 Å². The summed E-state index contributed by atoms with van der Waals surface area (Å²) < 4.78 is 5.35. The molecule has 0 aromatic heterocycles. The lowest BCUT2D eigenvalue weighted by Gasteiger charge is -2.13. The van der Waals surface area contributed by atoms with Crippen molar-refractivity contribution in [1.29, 1.82) is 0 Å². The zero-order valence-electron chi connectivity index (χ0n) is 12.2. The van der Waals surface area contributed by atoms with Crippen molar-refractivity contribution in [3.8, 4) is 0 Å². The van der Waals surface area contributed by atoms with Gasteiger partial charge in [0.15, 0.2) is 5.96 Å². The van der Waals surface area contributed by atoms with Crippen molar-refractivity contribution in [3.05, 3.63) is 12.7 Å². The third-order valence-corrected chi connectivity index (χ3v) is 1.98. The van der Waals surface area contributed by atoms with E-state index in [0.717, 1.165) is 6.54 Å². The van der Waals surface area contributed by atoms with Crippen molar-refractivity contribution in [2.75, 3.05) is 32.8 Å². The lowest BCUT2D eigenvalue weighted by molar-refractivity contribution is 0.0301. The number of hydrogen-bond donors (Lipinski definition) is 3. The quantitative estimate of drug-likeness (QED) is 0.243. The van der Waals surface area contributed by atoms with Gasteiger partial charge in [0.25, 0.3) is 0 Å². The topological polar surface area (TPSA) is 65.9 Å². The fraction of sp³-hybridized carbons (Fsp3) is 0.769. The molecule has 0 bridgehead atoms. The molecular weight excluding hydrogens is 357 g/mol. The monoisotopic (exact) mass is 385 g/mol. The van der Waals surface area contributed by atoms with E-state index in [0.29, 0.717) is 38.2 Å². The molecule has 0 rings (SSSR count). The number of guanidine groups is 1. The summed E-state index contributed by atoms with van der Waals surface area (Å²) in [6.45, 7) is 12.5. The van der Waals surface area contributed by atoms with Crippen LogP contribution in [0.4, 0.5) is 0 Å². The average Bonchev–Trinajstić information content (AvgIpc) is 2.32. The minimum atomic E-state index is -0.567. The Labute approximate surface area is 133 Å². The molecule has 19 heavy (non-hydrogen) atoms. The van der Waals surface area contributed by atoms with Crippen LogP contribution < -0.4 is 10.6 Å². The van der Waals surface area contributed by atoms with Crippen LogP contribution in [-0.2, 0) is 4.74 Å². The first-order valence-corrected chi connectivity index (χ1v) is 6.49. The molecule has 0 aromatic carbocycles. The minimum Gasteiger partial charge on any atom is -0.389 e. The van der Waals surface area contributed by atoms with Gasteiger partial charge in [0.1, 0.15) is 0 Å². The highest BCUT2D eigenvalue weighted by atomic mass is 127. The summed E-state index contributed by atoms with van der Waals surface area (Å²) in [6, 6.07) is 0. The summed E-state index contributed by atoms with van der Waals surface area (Å²) in [5, 5.41) is 15.9. The van der Waals surface area contributed by atoms with E-state index in [1.165, 1.54) is 0 Å². The molecule has 0 aliphatic rings. The van der Waals surface area contributed by atoms with Gasteiger partial charge in [-0.1, -0.05) is 19.9 Å². The summed E-state index contributed by atoms with van der Waals surface area (Å²) in [4.78, 5) is 4.27. The van der Waals surface area contributed by atoms with Gasteiger partial charge in [0.2, 0.25) is 0 Å². The maximum Gasteiger partial charge on any atom is 0.191 e. The van der Waals surface area contributed by atoms with Crippen molar-refractivity contribution in [3.63, 3.8) is 0 Å². The van der Waals surface area contributed by atoms with Gasteiger partial charge in [0.05, 0.1) is 19.3 Å². The van der Waals surface area contributed by atoms with Crippen LogP contribution in [0.3, 0.4) is 0 Å². The van der Waals surface area contributed by atoms with Crippen LogP contribution in [0.1, 0.15) is 20.8 Å². The zero-order chi connectivity index (χ0) is 13.8. The van der Waals surface area contributed by atoms with Crippen molar-refractivity contribution >= 4 is 29.9 Å². The van der Waals surface area contributed by atoms with E-state index in [-0.39, 0.29) is 24.0 Å². The molecule has 0 aromatic rings. The molecular formula is C13H28IN3O2. The van der Waals surface area contributed by atoms with Gasteiger partial charge < -0.3 is 20.5 Å². The lowest BCUT2D eigenvalue weighted by atomic mass is 10.2. The van der Waals surface area contributed by atoms with Crippen LogP contribution >= 0.6 is 24.0 Å². The minimum absolute atomic E-state index is 0. The van der Waals surface area contributed by atoms with Gasteiger partial charge in [-0.05, 0) is 12.8 Å². The van der Waals surface area contributed by atoms with E-state index >= 15 is 0 Å². The van der Waals surface area contributed by atoms with E-state index in [9.17, 15) is 5.11 Å². The third kappa shape index (κ3) is 13.9. The number of ether oxygens (including phenoxy) is 1. The standard InChI is InChI=1S/C13H27N3O2.HI/c1-5-7-15-13(14-6-2)16-8-12(17)10-18-9-11(3)4;/h5,11-12,17H,1,6-10H2,2-4H3,(H2,14,15,16);1H. The van der Waals surface area contributed by atoms with Gasteiger partial charge in [0, 0.05) is 19.7 Å². The highest BCUT2D eigenvalue weighted by molar-refractivity contribution is 14.0. The molecule has 114 valence electrons. The smallest absolute Gasteiger partial charge is 0.191 e. The Morgan fingerprint density at radius 2 is 2.05 bits per heavy atom. The van der Waals surface area contributed by atoms with Crippen LogP contribution in [0.15, 0.2) is 17.6 Å². The van der Waals surface area contributed by atoms with Crippen LogP contribution in [0.5, 0.6) is 0 Å². The predicted molar refractivity (Wildman–Crippen MR) is 91.3 cm³/mol. The molecule has 1 unspecified atom stereocenters. The molecule has 0 aliphatic carbocycles. The Bertz CT molecular complexity index is 248. The van der Waals surface area contributed by atoms with Gasteiger partial charge in [-0.15, -0.1) is 30.6 Å². The average molecular weight is 385 g/mol. The van der Waals surface area contributed by atoms with Crippen molar-refractivity contribution in [2.45, 2.75) is 26.9 Å². The van der Waals surface area contributed by atoms with Crippen LogP contribution in [0, 0.1) is 5.92 Å². The molecule has 0 saturated heterocycles. The maximum absolute atomic E-state index is 9.70. The highest BCUT2D eigenvalue weighted by Crippen LogP contribution is 1.94. The molecule has 1 atom stereocenters. The van der Waals surface area contributed by atoms with E-state index in [1.807, 2.05) is 6.92 Å². The molecule has 0 spiro atoms. The number of halogens is 1. The number of aliphatic imine (C=N–C) groups is 1. The second kappa shape index (κ2) is 14.1. The summed E-state index contributed by atoms with van der Waals surface area (Å²) in [5.74, 6) is 1.16. The second-order valence-corrected chi connectivity index (χ2v) is 4.47. The number of aliphatic hydroxyl groups excluding tert-OH is 1. The molecule has 0 heterocycles. The van der Waals surface area contributed by atoms with Gasteiger partial charge in [-0.3, -0.25) is 4.99 Å². The fourth-order valence-corrected chi connectivity index (χ4v) is 1.20. The molecule has 0 aliphatic heterocycles. The van der Waals surface area contributed by atoms with E-state index < -0.39 is 6.10 Å². The molecule has 6 heteroatoms. The second-order valence-electron chi connectivity index (χ2n) is 4.47. The van der Waals surface area contributed by atoms with Crippen LogP contribution in [0.2, 0.25) is 0 Å². The van der Waals surface area contributed by atoms with Crippen molar-refractivity contribution in [2.24, 2.45) is 10.9 Å². The number of hydrogen-bond acceptors (Lipinski definition) is 3. The first-order valence-electron chi connectivity index (χ1n) is 6.49. The Hall–Kier alpha value is -0.340. The first-order chi connectivity index (χ1) is 8.60. The normalized spacial score (nSPS) is 12.8. The molecule has 0 radical (unpaired) electrons. The van der Waals surface area contributed by atoms with Crippen LogP contribution in [-0.4, -0.2) is 50.0 Å². The molecule has 5 nitrogen and oxygen atoms in total. The summed E-state index contributed by atoms with van der Waals surface area (Å²) in [6.07, 6.45) is 1.19. The van der Waals surface area contributed by atoms with Crippen molar-refractivity contribution < 1.29 is 9.84 Å². The number of aliphatic hydroxyl groups is 1. The summed E-state index contributed by atoms with van der Waals surface area (Å²) in [5.41, 5.74) is 0. The summed E-state index contributed by atoms with van der Waals surface area (Å²) >= 11 is 0. The third-order valence-electron chi connectivity index (χ3n) is 1.98. The van der Waals surface area contributed by atoms with Gasteiger partial charge in [-0.2, -0.15) is 0 Å². The van der Waals surface area contributed by atoms with E-state index in [1.54, 1.807) is 6.08 Å². The Morgan fingerprint density at radius 1 is 1.37 bits per heavy atom. The van der Waals surface area contributed by atoms with Crippen LogP contribution in [0.25, 0.3) is 0 Å². The Balaban J connectivity index is 0. The SMILES string of the molecule is C=CCNC(=NCC(O)COCC(C)C)NCC.I. The fourth-order valence-electron chi connectivity index (χ4n) is 1.20. The Morgan fingerprint density at radius 3 is 2.58 bits per heavy atom. The van der Waals surface area contributed by atoms with Gasteiger partial charge in [-0.25, -0.2) is 0 Å². The summed E-state index contributed by atoms with van der Waals surface area (Å²) in [7, 11) is 0. The molecule has 0 saturated carbocycles. The predicted octanol–water partition coefficient (Wildman–Crippen LogP) is 1.38. The zero-order valence-corrected chi connectivity index (χ0v) is 14.5. The van der Waals surface area contributed by atoms with E-state index in [2.05, 4.69) is 36.1 Å². The molecule has 0 amide bonds. The van der Waals surface area contributed by atoms with Crippen molar-refractivity contribution in [1.82, 2.24) is 10.6 Å². The van der Waals surface area contributed by atoms with E-state index in [4.69, 9.17) is 4.74 Å². The number of nitrogens with one attached hydrogen (secondary N) is 2. The number of rotatable bonds is 9. The molecule has 3 N–H and O–H groups in total. The Kier molecular flexibility index (Phi) is 15.5. The maximum atomic E-state index is 9.70. The first kappa shape index (κ1) is 21.0. The number of nitrogens with zero attached hydrogens (tertiary/aromatic N) is 1. The lowest BCUT2D eigenvalue weighted by Crippen LogP contribution is -2.38. The largest absolute Gasteiger partial charge is 0.389 e. The highest BCUT2D eigenvalue weighted by Gasteiger charge is 2.05.